The standard InChI is InChI=1S/C18H15N3O3/c22-17(13-6-8-14(9-7-13)18(23)21-24)20-11-15-4-1-3-12-5-2-10-19-16(12)15/h1-10,24H,11H2,(H,20,22)(H,21,23). The second kappa shape index (κ2) is 6.89. The van der Waals surface area contributed by atoms with Crippen LogP contribution in [0.3, 0.4) is 0 Å². The first-order valence-electron chi connectivity index (χ1n) is 7.34. The fourth-order valence-electron chi connectivity index (χ4n) is 2.43. The highest BCUT2D eigenvalue weighted by Gasteiger charge is 2.09. The van der Waals surface area contributed by atoms with Gasteiger partial charge in [-0.05, 0) is 35.9 Å². The smallest absolute Gasteiger partial charge is 0.274 e. The van der Waals surface area contributed by atoms with Gasteiger partial charge in [0.05, 0.1) is 5.52 Å². The van der Waals surface area contributed by atoms with Crippen LogP contribution < -0.4 is 10.8 Å². The van der Waals surface area contributed by atoms with E-state index in [1.807, 2.05) is 30.3 Å². The lowest BCUT2D eigenvalue weighted by Gasteiger charge is -2.08. The molecule has 3 N–H and O–H groups in total. The Balaban J connectivity index is 1.72. The van der Waals surface area contributed by atoms with Crippen molar-refractivity contribution in [2.75, 3.05) is 0 Å². The number of fused-ring (bicyclic) bond motifs is 1. The highest BCUT2D eigenvalue weighted by atomic mass is 16.5. The van der Waals surface area contributed by atoms with E-state index < -0.39 is 5.91 Å². The van der Waals surface area contributed by atoms with Crippen molar-refractivity contribution in [3.63, 3.8) is 0 Å². The first kappa shape index (κ1) is 15.6. The normalized spacial score (nSPS) is 10.4. The van der Waals surface area contributed by atoms with Gasteiger partial charge in [-0.1, -0.05) is 24.3 Å². The number of nitrogens with zero attached hydrogens (tertiary/aromatic N) is 1. The third-order valence-corrected chi connectivity index (χ3v) is 3.67. The van der Waals surface area contributed by atoms with Crippen LogP contribution in [0.4, 0.5) is 0 Å². The Morgan fingerprint density at radius 3 is 2.29 bits per heavy atom. The Morgan fingerprint density at radius 2 is 1.58 bits per heavy atom. The summed E-state index contributed by atoms with van der Waals surface area (Å²) >= 11 is 0. The first-order valence-corrected chi connectivity index (χ1v) is 7.34. The van der Waals surface area contributed by atoms with Crippen LogP contribution in [0.5, 0.6) is 0 Å². The van der Waals surface area contributed by atoms with Gasteiger partial charge in [-0.2, -0.15) is 0 Å². The summed E-state index contributed by atoms with van der Waals surface area (Å²) in [7, 11) is 0. The predicted octanol–water partition coefficient (Wildman–Crippen LogP) is 2.28. The van der Waals surface area contributed by atoms with Crippen molar-refractivity contribution in [2.45, 2.75) is 6.54 Å². The zero-order chi connectivity index (χ0) is 16.9. The third-order valence-electron chi connectivity index (χ3n) is 3.67. The molecule has 0 spiro atoms. The van der Waals surface area contributed by atoms with Crippen LogP contribution in [0.25, 0.3) is 10.9 Å². The number of nitrogens with one attached hydrogen (secondary N) is 2. The average molecular weight is 321 g/mol. The monoisotopic (exact) mass is 321 g/mol. The molecule has 24 heavy (non-hydrogen) atoms. The van der Waals surface area contributed by atoms with Gasteiger partial charge in [-0.25, -0.2) is 5.48 Å². The van der Waals surface area contributed by atoms with E-state index in [4.69, 9.17) is 5.21 Å². The molecule has 1 heterocycles. The number of hydrogen-bond donors (Lipinski definition) is 3. The number of benzene rings is 2. The van der Waals surface area contributed by atoms with Crippen LogP contribution in [0.15, 0.2) is 60.8 Å². The molecule has 3 rings (SSSR count). The summed E-state index contributed by atoms with van der Waals surface area (Å²) in [4.78, 5) is 27.8. The van der Waals surface area contributed by atoms with E-state index in [0.717, 1.165) is 16.5 Å². The van der Waals surface area contributed by atoms with E-state index in [0.29, 0.717) is 12.1 Å². The lowest BCUT2D eigenvalue weighted by molar-refractivity contribution is 0.0706. The zero-order valence-corrected chi connectivity index (χ0v) is 12.7. The minimum Gasteiger partial charge on any atom is -0.348 e. The van der Waals surface area contributed by atoms with Gasteiger partial charge in [0.15, 0.2) is 0 Å². The summed E-state index contributed by atoms with van der Waals surface area (Å²) in [6, 6.07) is 15.7. The molecule has 120 valence electrons. The van der Waals surface area contributed by atoms with Crippen LogP contribution in [0.1, 0.15) is 26.3 Å². The lowest BCUT2D eigenvalue weighted by Crippen LogP contribution is -2.23. The van der Waals surface area contributed by atoms with Crippen LogP contribution in [0.2, 0.25) is 0 Å². The Labute approximate surface area is 138 Å². The van der Waals surface area contributed by atoms with Crippen molar-refractivity contribution in [3.05, 3.63) is 77.5 Å². The van der Waals surface area contributed by atoms with Gasteiger partial charge in [0.25, 0.3) is 11.8 Å². The molecule has 0 unspecified atom stereocenters. The van der Waals surface area contributed by atoms with Gasteiger partial charge >= 0.3 is 0 Å². The van der Waals surface area contributed by atoms with Crippen molar-refractivity contribution >= 4 is 22.7 Å². The number of pyridine rings is 1. The summed E-state index contributed by atoms with van der Waals surface area (Å²) in [5.74, 6) is -0.873. The Morgan fingerprint density at radius 1 is 0.917 bits per heavy atom. The Bertz CT molecular complexity index is 886. The molecule has 2 aromatic carbocycles. The molecule has 0 aliphatic heterocycles. The van der Waals surface area contributed by atoms with E-state index >= 15 is 0 Å². The SMILES string of the molecule is O=C(NO)c1ccc(C(=O)NCc2cccc3cccnc23)cc1. The minimum absolute atomic E-state index is 0.251. The van der Waals surface area contributed by atoms with Crippen molar-refractivity contribution in [1.29, 1.82) is 0 Å². The van der Waals surface area contributed by atoms with E-state index in [2.05, 4.69) is 10.3 Å². The van der Waals surface area contributed by atoms with E-state index in [9.17, 15) is 9.59 Å². The number of rotatable bonds is 4. The molecule has 6 nitrogen and oxygen atoms in total. The second-order valence-corrected chi connectivity index (χ2v) is 5.19. The molecule has 1 aromatic heterocycles. The molecule has 0 saturated heterocycles. The summed E-state index contributed by atoms with van der Waals surface area (Å²) in [6.07, 6.45) is 1.72. The lowest BCUT2D eigenvalue weighted by atomic mass is 10.1. The molecule has 0 aliphatic rings. The van der Waals surface area contributed by atoms with Gasteiger partial charge in [-0.3, -0.25) is 19.8 Å². The van der Waals surface area contributed by atoms with Gasteiger partial charge in [0, 0.05) is 29.3 Å². The molecule has 2 amide bonds. The molecule has 0 radical (unpaired) electrons. The van der Waals surface area contributed by atoms with Crippen LogP contribution in [0, 0.1) is 0 Å². The summed E-state index contributed by atoms with van der Waals surface area (Å²) in [6.45, 7) is 0.353. The molecule has 0 atom stereocenters. The Kier molecular flexibility index (Phi) is 4.49. The topological polar surface area (TPSA) is 91.3 Å². The summed E-state index contributed by atoms with van der Waals surface area (Å²) in [5.41, 5.74) is 4.03. The van der Waals surface area contributed by atoms with Crippen molar-refractivity contribution in [1.82, 2.24) is 15.8 Å². The number of hydrogen-bond acceptors (Lipinski definition) is 4. The second-order valence-electron chi connectivity index (χ2n) is 5.19. The quantitative estimate of drug-likeness (QED) is 0.508. The van der Waals surface area contributed by atoms with Crippen molar-refractivity contribution in [2.24, 2.45) is 0 Å². The molecular formula is C18H15N3O3. The highest BCUT2D eigenvalue weighted by Crippen LogP contribution is 2.15. The fourth-order valence-corrected chi connectivity index (χ4v) is 2.43. The number of carbonyl (C=O) groups excluding carboxylic acids is 2. The molecule has 3 aromatic rings. The predicted molar refractivity (Wildman–Crippen MR) is 88.6 cm³/mol. The maximum absolute atomic E-state index is 12.2. The Hall–Kier alpha value is -3.25. The van der Waals surface area contributed by atoms with E-state index in [1.165, 1.54) is 24.3 Å². The van der Waals surface area contributed by atoms with Crippen molar-refractivity contribution < 1.29 is 14.8 Å². The van der Waals surface area contributed by atoms with Gasteiger partial charge in [0.1, 0.15) is 0 Å². The molecule has 0 aliphatic carbocycles. The fraction of sp³-hybridized carbons (Fsp3) is 0.0556. The van der Waals surface area contributed by atoms with Crippen LogP contribution in [-0.2, 0) is 6.54 Å². The third kappa shape index (κ3) is 3.23. The zero-order valence-electron chi connectivity index (χ0n) is 12.7. The minimum atomic E-state index is -0.621. The molecule has 6 heteroatoms. The molecule has 0 fully saturated rings. The summed E-state index contributed by atoms with van der Waals surface area (Å²) < 4.78 is 0. The van der Waals surface area contributed by atoms with E-state index in [1.54, 1.807) is 11.7 Å². The van der Waals surface area contributed by atoms with Gasteiger partial charge in [-0.15, -0.1) is 0 Å². The molecule has 0 bridgehead atoms. The largest absolute Gasteiger partial charge is 0.348 e. The number of carbonyl (C=O) groups is 2. The van der Waals surface area contributed by atoms with E-state index in [-0.39, 0.29) is 11.5 Å². The number of amides is 2. The number of para-hydroxylation sites is 1. The average Bonchev–Trinajstić information content (AvgIpc) is 2.65. The highest BCUT2D eigenvalue weighted by molar-refractivity contribution is 5.97. The number of hydroxylamine groups is 1. The van der Waals surface area contributed by atoms with Gasteiger partial charge in [0.2, 0.25) is 0 Å². The van der Waals surface area contributed by atoms with Gasteiger partial charge < -0.3 is 5.32 Å². The number of aromatic nitrogens is 1. The summed E-state index contributed by atoms with van der Waals surface area (Å²) in [5, 5.41) is 12.4. The first-order chi connectivity index (χ1) is 11.7. The van der Waals surface area contributed by atoms with Crippen LogP contribution in [-0.4, -0.2) is 22.0 Å². The van der Waals surface area contributed by atoms with Crippen molar-refractivity contribution in [3.8, 4) is 0 Å². The van der Waals surface area contributed by atoms with Crippen LogP contribution >= 0.6 is 0 Å². The molecular weight excluding hydrogens is 306 g/mol. The maximum Gasteiger partial charge on any atom is 0.274 e. The maximum atomic E-state index is 12.2. The molecule has 0 saturated carbocycles.